The lowest BCUT2D eigenvalue weighted by molar-refractivity contribution is 0.0708. The molecule has 0 bridgehead atoms. The molecule has 29 heavy (non-hydrogen) atoms. The maximum atomic E-state index is 14.4. The van der Waals surface area contributed by atoms with E-state index in [1.165, 1.54) is 12.3 Å². The van der Waals surface area contributed by atoms with Gasteiger partial charge in [-0.1, -0.05) is 0 Å². The molecule has 0 saturated carbocycles. The van der Waals surface area contributed by atoms with Crippen LogP contribution in [-0.4, -0.2) is 20.4 Å². The van der Waals surface area contributed by atoms with Crippen molar-refractivity contribution in [3.8, 4) is 22.5 Å². The molecule has 0 atom stereocenters. The molecule has 2 heterocycles. The normalized spacial score (nSPS) is 11.5. The van der Waals surface area contributed by atoms with Crippen molar-refractivity contribution in [2.24, 2.45) is 0 Å². The van der Waals surface area contributed by atoms with Gasteiger partial charge in [-0.3, -0.25) is 9.36 Å². The summed E-state index contributed by atoms with van der Waals surface area (Å²) < 4.78 is 57.0. The number of benzene rings is 2. The maximum Gasteiger partial charge on any atom is 0.318 e. The Hall–Kier alpha value is -3.42. The Kier molecular flexibility index (Phi) is 4.70. The Labute approximate surface area is 163 Å². The fourth-order valence-electron chi connectivity index (χ4n) is 3.43. The summed E-state index contributed by atoms with van der Waals surface area (Å²) in [7, 11) is 0. The zero-order chi connectivity index (χ0) is 20.7. The number of imidazole rings is 1. The van der Waals surface area contributed by atoms with Gasteiger partial charge in [0.1, 0.15) is 23.7 Å². The van der Waals surface area contributed by atoms with Gasteiger partial charge < -0.3 is 4.57 Å². The van der Waals surface area contributed by atoms with E-state index < -0.39 is 18.2 Å². The van der Waals surface area contributed by atoms with E-state index in [4.69, 9.17) is 0 Å². The van der Waals surface area contributed by atoms with Crippen LogP contribution in [0.25, 0.3) is 33.5 Å². The van der Waals surface area contributed by atoms with Crippen molar-refractivity contribution in [3.63, 3.8) is 0 Å². The molecule has 8 heteroatoms. The summed E-state index contributed by atoms with van der Waals surface area (Å²) in [6.45, 7) is -0.509. The zero-order valence-corrected chi connectivity index (χ0v) is 15.2. The number of hydrogen-bond acceptors (Lipinski definition) is 2. The molecule has 0 radical (unpaired) electrons. The molecule has 0 aliphatic carbocycles. The SMILES string of the molecule is CCn1c(-c2cn(C(F)F)cc2-c2ccc(F)cc2F)nc2cc(C=O)ccc21. The smallest absolute Gasteiger partial charge is 0.318 e. The molecule has 2 aromatic carbocycles. The molecule has 0 saturated heterocycles. The molecule has 0 aliphatic rings. The molecule has 4 nitrogen and oxygen atoms in total. The second-order valence-corrected chi connectivity index (χ2v) is 6.48. The lowest BCUT2D eigenvalue weighted by Crippen LogP contribution is -1.98. The number of hydrogen-bond donors (Lipinski definition) is 0. The average Bonchev–Trinajstić information content (AvgIpc) is 3.28. The summed E-state index contributed by atoms with van der Waals surface area (Å²) in [5.41, 5.74) is 2.10. The van der Waals surface area contributed by atoms with E-state index in [0.29, 0.717) is 45.9 Å². The molecule has 4 aromatic rings. The van der Waals surface area contributed by atoms with Crippen molar-refractivity contribution in [2.75, 3.05) is 0 Å². The van der Waals surface area contributed by atoms with E-state index in [9.17, 15) is 22.4 Å². The minimum Gasteiger partial charge on any atom is -0.324 e. The number of aldehydes is 1. The van der Waals surface area contributed by atoms with Crippen molar-refractivity contribution in [3.05, 3.63) is 66.0 Å². The van der Waals surface area contributed by atoms with Gasteiger partial charge in [0.25, 0.3) is 0 Å². The highest BCUT2D eigenvalue weighted by atomic mass is 19.3. The summed E-state index contributed by atoms with van der Waals surface area (Å²) in [4.78, 5) is 15.6. The first-order chi connectivity index (χ1) is 13.9. The van der Waals surface area contributed by atoms with Gasteiger partial charge in [-0.05, 0) is 37.3 Å². The lowest BCUT2D eigenvalue weighted by Gasteiger charge is -2.08. The minimum atomic E-state index is -2.84. The van der Waals surface area contributed by atoms with Crippen LogP contribution in [0, 0.1) is 11.6 Å². The number of carbonyl (C=O) groups excluding carboxylic acids is 1. The second kappa shape index (κ2) is 7.20. The van der Waals surface area contributed by atoms with Gasteiger partial charge >= 0.3 is 6.55 Å². The van der Waals surface area contributed by atoms with Gasteiger partial charge in [-0.15, -0.1) is 0 Å². The van der Waals surface area contributed by atoms with E-state index in [2.05, 4.69) is 4.98 Å². The van der Waals surface area contributed by atoms with E-state index in [-0.39, 0.29) is 16.7 Å². The number of nitrogens with zero attached hydrogens (tertiary/aromatic N) is 3. The topological polar surface area (TPSA) is 39.8 Å². The van der Waals surface area contributed by atoms with Crippen LogP contribution in [0.2, 0.25) is 0 Å². The Bertz CT molecular complexity index is 1230. The van der Waals surface area contributed by atoms with Crippen molar-refractivity contribution in [1.29, 1.82) is 0 Å². The van der Waals surface area contributed by atoms with E-state index in [1.54, 1.807) is 22.8 Å². The molecule has 0 fully saturated rings. The third-order valence-electron chi connectivity index (χ3n) is 4.76. The van der Waals surface area contributed by atoms with Crippen LogP contribution >= 0.6 is 0 Å². The number of fused-ring (bicyclic) bond motifs is 1. The Morgan fingerprint density at radius 3 is 2.45 bits per heavy atom. The third-order valence-corrected chi connectivity index (χ3v) is 4.76. The van der Waals surface area contributed by atoms with Crippen LogP contribution in [0.15, 0.2) is 48.8 Å². The summed E-state index contributed by atoms with van der Waals surface area (Å²) in [5.74, 6) is -1.27. The quantitative estimate of drug-likeness (QED) is 0.319. The summed E-state index contributed by atoms with van der Waals surface area (Å²) in [6, 6.07) is 7.95. The number of aromatic nitrogens is 3. The molecule has 4 rings (SSSR count). The van der Waals surface area contributed by atoms with Gasteiger partial charge in [-0.2, -0.15) is 8.78 Å². The van der Waals surface area contributed by atoms with Gasteiger partial charge in [0.2, 0.25) is 0 Å². The monoisotopic (exact) mass is 401 g/mol. The van der Waals surface area contributed by atoms with Crippen LogP contribution in [-0.2, 0) is 6.54 Å². The summed E-state index contributed by atoms with van der Waals surface area (Å²) >= 11 is 0. The van der Waals surface area contributed by atoms with E-state index in [1.807, 2.05) is 6.92 Å². The van der Waals surface area contributed by atoms with Crippen LogP contribution in [0.5, 0.6) is 0 Å². The standard InChI is InChI=1S/C21H15F4N3O/c1-2-28-19-6-3-12(11-29)7-18(19)26-20(28)16-10-27(21(24)25)9-15(16)14-5-4-13(22)8-17(14)23/h3-11,21H,2H2,1H3. The first kappa shape index (κ1) is 18.9. The molecule has 0 unspecified atom stereocenters. The van der Waals surface area contributed by atoms with Crippen molar-refractivity contribution < 1.29 is 22.4 Å². The van der Waals surface area contributed by atoms with Gasteiger partial charge in [-0.25, -0.2) is 13.8 Å². The van der Waals surface area contributed by atoms with Gasteiger partial charge in [0, 0.05) is 47.3 Å². The predicted octanol–water partition coefficient (Wildman–Crippen LogP) is 5.68. The van der Waals surface area contributed by atoms with Gasteiger partial charge in [0.15, 0.2) is 0 Å². The second-order valence-electron chi connectivity index (χ2n) is 6.48. The third kappa shape index (κ3) is 3.20. The zero-order valence-electron chi connectivity index (χ0n) is 15.2. The van der Waals surface area contributed by atoms with Crippen molar-refractivity contribution >= 4 is 17.3 Å². The molecule has 2 aromatic heterocycles. The highest BCUT2D eigenvalue weighted by molar-refractivity contribution is 5.90. The lowest BCUT2D eigenvalue weighted by atomic mass is 10.0. The van der Waals surface area contributed by atoms with Crippen LogP contribution < -0.4 is 0 Å². The number of carbonyl (C=O) groups is 1. The molecule has 148 valence electrons. The van der Waals surface area contributed by atoms with Crippen LogP contribution in [0.1, 0.15) is 23.8 Å². The molecule has 0 amide bonds. The Morgan fingerprint density at radius 2 is 1.79 bits per heavy atom. The van der Waals surface area contributed by atoms with Crippen LogP contribution in [0.4, 0.5) is 17.6 Å². The number of aryl methyl sites for hydroxylation is 1. The fraction of sp³-hybridized carbons (Fsp3) is 0.143. The average molecular weight is 401 g/mol. The molecular weight excluding hydrogens is 386 g/mol. The molecule has 0 aliphatic heterocycles. The fourth-order valence-corrected chi connectivity index (χ4v) is 3.43. The van der Waals surface area contributed by atoms with E-state index in [0.717, 1.165) is 12.3 Å². The number of alkyl halides is 2. The Balaban J connectivity index is 2.00. The molecule has 0 spiro atoms. The Morgan fingerprint density at radius 1 is 1.03 bits per heavy atom. The first-order valence-corrected chi connectivity index (χ1v) is 8.83. The van der Waals surface area contributed by atoms with Gasteiger partial charge in [0.05, 0.1) is 11.0 Å². The number of rotatable bonds is 5. The molecule has 0 N–H and O–H groups in total. The highest BCUT2D eigenvalue weighted by Gasteiger charge is 2.22. The highest BCUT2D eigenvalue weighted by Crippen LogP contribution is 2.37. The van der Waals surface area contributed by atoms with E-state index >= 15 is 0 Å². The number of halogens is 4. The summed E-state index contributed by atoms with van der Waals surface area (Å²) in [5, 5.41) is 0. The maximum absolute atomic E-state index is 14.4. The van der Waals surface area contributed by atoms with Crippen molar-refractivity contribution in [2.45, 2.75) is 20.0 Å². The predicted molar refractivity (Wildman–Crippen MR) is 101 cm³/mol. The largest absolute Gasteiger partial charge is 0.324 e. The first-order valence-electron chi connectivity index (χ1n) is 8.83. The minimum absolute atomic E-state index is 0.0101. The van der Waals surface area contributed by atoms with Crippen molar-refractivity contribution in [1.82, 2.24) is 14.1 Å². The summed E-state index contributed by atoms with van der Waals surface area (Å²) in [6.07, 6.45) is 3.00. The van der Waals surface area contributed by atoms with Crippen LogP contribution in [0.3, 0.4) is 0 Å². The molecular formula is C21H15F4N3O.